The van der Waals surface area contributed by atoms with Crippen molar-refractivity contribution >= 4 is 23.0 Å². The molecule has 21 heavy (non-hydrogen) atoms. The Morgan fingerprint density at radius 1 is 1.14 bits per heavy atom. The van der Waals surface area contributed by atoms with Gasteiger partial charge in [0.2, 0.25) is 12.2 Å². The summed E-state index contributed by atoms with van der Waals surface area (Å²) in [5.41, 5.74) is 1.08. The summed E-state index contributed by atoms with van der Waals surface area (Å²) in [6, 6.07) is 14.2. The Bertz CT molecular complexity index is 629. The van der Waals surface area contributed by atoms with Gasteiger partial charge in [-0.3, -0.25) is 9.59 Å². The van der Waals surface area contributed by atoms with Gasteiger partial charge >= 0.3 is 0 Å². The second-order valence-electron chi connectivity index (χ2n) is 5.58. The van der Waals surface area contributed by atoms with E-state index in [-0.39, 0.29) is 18.4 Å². The van der Waals surface area contributed by atoms with E-state index in [4.69, 9.17) is 0 Å². The van der Waals surface area contributed by atoms with Crippen molar-refractivity contribution in [2.75, 3.05) is 0 Å². The third kappa shape index (κ3) is 4.15. The second-order valence-corrected chi connectivity index (χ2v) is 5.58. The highest BCUT2D eigenvalue weighted by Gasteiger charge is 2.16. The first-order valence-electron chi connectivity index (χ1n) is 7.24. The van der Waals surface area contributed by atoms with E-state index in [1.165, 1.54) is 0 Å². The lowest BCUT2D eigenvalue weighted by atomic mass is 9.93. The summed E-state index contributed by atoms with van der Waals surface area (Å²) in [4.78, 5) is 22.9. The van der Waals surface area contributed by atoms with E-state index in [0.717, 1.165) is 16.3 Å². The fourth-order valence-corrected chi connectivity index (χ4v) is 2.50. The highest BCUT2D eigenvalue weighted by atomic mass is 16.1. The van der Waals surface area contributed by atoms with Gasteiger partial charge in [0, 0.05) is 18.4 Å². The van der Waals surface area contributed by atoms with E-state index in [2.05, 4.69) is 5.32 Å². The quantitative estimate of drug-likeness (QED) is 0.885. The lowest BCUT2D eigenvalue weighted by molar-refractivity contribution is -0.122. The number of nitrogens with one attached hydrogen (secondary N) is 1. The van der Waals surface area contributed by atoms with Crippen LogP contribution in [0.25, 0.3) is 10.8 Å². The monoisotopic (exact) mass is 282 g/mol. The van der Waals surface area contributed by atoms with Gasteiger partial charge in [-0.25, -0.2) is 0 Å². The molecule has 0 spiro atoms. The number of carbonyl (C=O) groups is 1. The molecule has 0 bridgehead atoms. The predicted molar refractivity (Wildman–Crippen MR) is 84.7 cm³/mol. The minimum Gasteiger partial charge on any atom is -0.354 e. The van der Waals surface area contributed by atoms with Crippen LogP contribution in [0.4, 0.5) is 0 Å². The van der Waals surface area contributed by atoms with Crippen molar-refractivity contribution in [3.8, 4) is 0 Å². The zero-order chi connectivity index (χ0) is 15.2. The highest BCUT2D eigenvalue weighted by molar-refractivity contribution is 5.86. The minimum absolute atomic E-state index is 0.0855. The van der Waals surface area contributed by atoms with Crippen LogP contribution in [0.3, 0.4) is 0 Å². The molecule has 0 aliphatic heterocycles. The molecular formula is C18H20NO2. The first-order chi connectivity index (χ1) is 10.1. The third-order valence-corrected chi connectivity index (χ3v) is 3.39. The number of hydrogen-bond acceptors (Lipinski definition) is 2. The molecule has 0 fully saturated rings. The Morgan fingerprint density at radius 3 is 2.57 bits per heavy atom. The lowest BCUT2D eigenvalue weighted by Gasteiger charge is -2.13. The van der Waals surface area contributed by atoms with Gasteiger partial charge in [-0.1, -0.05) is 42.5 Å². The number of carbonyl (C=O) groups excluding carboxylic acids is 2. The third-order valence-electron chi connectivity index (χ3n) is 3.39. The molecule has 3 heteroatoms. The molecule has 0 aliphatic carbocycles. The Hall–Kier alpha value is -2.16. The molecule has 1 unspecified atom stereocenters. The summed E-state index contributed by atoms with van der Waals surface area (Å²) < 4.78 is 0. The SMILES string of the molecule is CC(C)NC(=O)CC([C]=O)Cc1cccc2ccccc12. The molecule has 3 nitrogen and oxygen atoms in total. The standard InChI is InChI=1S/C18H20NO2/c1-13(2)19-18(21)11-14(12-20)10-16-8-5-7-15-6-3-4-9-17(15)16/h3-9,13-14H,10-11H2,1-2H3,(H,19,21). The Kier molecular flexibility index (Phi) is 5.09. The number of hydrogen-bond donors (Lipinski definition) is 1. The van der Waals surface area contributed by atoms with Crippen LogP contribution in [0, 0.1) is 5.92 Å². The molecule has 0 saturated heterocycles. The van der Waals surface area contributed by atoms with Crippen molar-refractivity contribution < 1.29 is 9.59 Å². The summed E-state index contributed by atoms with van der Waals surface area (Å²) in [7, 11) is 0. The van der Waals surface area contributed by atoms with Crippen LogP contribution in [0.5, 0.6) is 0 Å². The molecule has 1 atom stereocenters. The van der Waals surface area contributed by atoms with Crippen molar-refractivity contribution in [1.82, 2.24) is 5.32 Å². The topological polar surface area (TPSA) is 46.2 Å². The molecule has 2 aromatic rings. The van der Waals surface area contributed by atoms with E-state index in [9.17, 15) is 9.59 Å². The van der Waals surface area contributed by atoms with Gasteiger partial charge in [-0.2, -0.15) is 0 Å². The fourth-order valence-electron chi connectivity index (χ4n) is 2.50. The summed E-state index contributed by atoms with van der Waals surface area (Å²) in [5, 5.41) is 5.09. The zero-order valence-electron chi connectivity index (χ0n) is 12.4. The van der Waals surface area contributed by atoms with Gasteiger partial charge in [0.1, 0.15) is 0 Å². The van der Waals surface area contributed by atoms with Gasteiger partial charge < -0.3 is 5.32 Å². The van der Waals surface area contributed by atoms with Crippen molar-refractivity contribution in [3.63, 3.8) is 0 Å². The van der Waals surface area contributed by atoms with Gasteiger partial charge in [0.15, 0.2) is 0 Å². The molecular weight excluding hydrogens is 262 g/mol. The van der Waals surface area contributed by atoms with Crippen LogP contribution < -0.4 is 5.32 Å². The second kappa shape index (κ2) is 7.02. The van der Waals surface area contributed by atoms with Crippen molar-refractivity contribution in [2.24, 2.45) is 5.92 Å². The van der Waals surface area contributed by atoms with Crippen LogP contribution in [0.15, 0.2) is 42.5 Å². The van der Waals surface area contributed by atoms with Crippen LogP contribution in [-0.2, 0) is 16.0 Å². The van der Waals surface area contributed by atoms with E-state index in [1.807, 2.05) is 62.6 Å². The van der Waals surface area contributed by atoms with Crippen LogP contribution >= 0.6 is 0 Å². The smallest absolute Gasteiger partial charge is 0.220 e. The average molecular weight is 282 g/mol. The Morgan fingerprint density at radius 2 is 1.86 bits per heavy atom. The predicted octanol–water partition coefficient (Wildman–Crippen LogP) is 3.02. The molecule has 0 saturated carbocycles. The Labute approximate surface area is 125 Å². The maximum Gasteiger partial charge on any atom is 0.220 e. The van der Waals surface area contributed by atoms with Gasteiger partial charge in [0.25, 0.3) is 0 Å². The number of benzene rings is 2. The Balaban J connectivity index is 2.14. The normalized spacial score (nSPS) is 12.3. The van der Waals surface area contributed by atoms with Crippen molar-refractivity contribution in [3.05, 3.63) is 48.0 Å². The highest BCUT2D eigenvalue weighted by Crippen LogP contribution is 2.21. The van der Waals surface area contributed by atoms with E-state index in [0.29, 0.717) is 6.42 Å². The van der Waals surface area contributed by atoms with Crippen molar-refractivity contribution in [2.45, 2.75) is 32.7 Å². The maximum atomic E-state index is 11.8. The minimum atomic E-state index is -0.408. The summed E-state index contributed by atoms with van der Waals surface area (Å²) in [6.07, 6.45) is 2.73. The van der Waals surface area contributed by atoms with Gasteiger partial charge in [-0.15, -0.1) is 0 Å². The molecule has 1 radical (unpaired) electrons. The van der Waals surface area contributed by atoms with E-state index < -0.39 is 5.92 Å². The first-order valence-corrected chi connectivity index (χ1v) is 7.24. The molecule has 2 aromatic carbocycles. The first kappa shape index (κ1) is 15.2. The molecule has 109 valence electrons. The van der Waals surface area contributed by atoms with Crippen molar-refractivity contribution in [1.29, 1.82) is 0 Å². The van der Waals surface area contributed by atoms with Crippen LogP contribution in [0.1, 0.15) is 25.8 Å². The zero-order valence-corrected chi connectivity index (χ0v) is 12.4. The number of rotatable bonds is 6. The molecule has 2 rings (SSSR count). The maximum absolute atomic E-state index is 11.8. The summed E-state index contributed by atoms with van der Waals surface area (Å²) in [5.74, 6) is -0.506. The van der Waals surface area contributed by atoms with E-state index in [1.54, 1.807) is 0 Å². The number of fused-ring (bicyclic) bond motifs is 1. The van der Waals surface area contributed by atoms with Gasteiger partial charge in [0.05, 0.1) is 0 Å². The van der Waals surface area contributed by atoms with Crippen LogP contribution in [0.2, 0.25) is 0 Å². The molecule has 0 heterocycles. The largest absolute Gasteiger partial charge is 0.354 e. The molecule has 1 amide bonds. The average Bonchev–Trinajstić information content (AvgIpc) is 2.46. The van der Waals surface area contributed by atoms with E-state index >= 15 is 0 Å². The molecule has 0 aromatic heterocycles. The number of amides is 1. The summed E-state index contributed by atoms with van der Waals surface area (Å²) >= 11 is 0. The lowest BCUT2D eigenvalue weighted by Crippen LogP contribution is -2.32. The summed E-state index contributed by atoms with van der Waals surface area (Å²) in [6.45, 7) is 3.81. The fraction of sp³-hybridized carbons (Fsp3) is 0.333. The molecule has 1 N–H and O–H groups in total. The van der Waals surface area contributed by atoms with Crippen LogP contribution in [-0.4, -0.2) is 18.2 Å². The molecule has 0 aliphatic rings. The van der Waals surface area contributed by atoms with Gasteiger partial charge in [-0.05, 0) is 36.6 Å².